The fourth-order valence-corrected chi connectivity index (χ4v) is 4.21. The Balaban J connectivity index is 1.66. The van der Waals surface area contributed by atoms with Crippen molar-refractivity contribution in [3.8, 4) is 5.75 Å². The minimum Gasteiger partial charge on any atom is -0.497 e. The summed E-state index contributed by atoms with van der Waals surface area (Å²) in [5, 5.41) is 3.95. The highest BCUT2D eigenvalue weighted by Gasteiger charge is 2.16. The summed E-state index contributed by atoms with van der Waals surface area (Å²) in [6.07, 6.45) is 0.979. The fourth-order valence-electron chi connectivity index (χ4n) is 3.52. The molecule has 2 heterocycles. The largest absolute Gasteiger partial charge is 0.497 e. The Bertz CT molecular complexity index is 1360. The standard InChI is InChI=1S/C25H27N5O4S/c1-4-13-35-24-28-21(26-14-16-7-11-19(33-2)12-8-16)20-22(29-24)30(25(32)27-20)15-17-5-9-18(10-6-17)23(31)34-3/h5-12H,4,13-15H2,1-3H3,(H,27,32)(H,26,28,29). The third-order valence-corrected chi connectivity index (χ3v) is 6.43. The Morgan fingerprint density at radius 3 is 2.43 bits per heavy atom. The van der Waals surface area contributed by atoms with Gasteiger partial charge in [0, 0.05) is 12.3 Å². The van der Waals surface area contributed by atoms with E-state index >= 15 is 0 Å². The van der Waals surface area contributed by atoms with Crippen molar-refractivity contribution in [1.29, 1.82) is 0 Å². The number of nitrogens with one attached hydrogen (secondary N) is 2. The molecule has 4 aromatic rings. The molecule has 10 heteroatoms. The van der Waals surface area contributed by atoms with Gasteiger partial charge in [-0.1, -0.05) is 43.0 Å². The molecule has 2 N–H and O–H groups in total. The smallest absolute Gasteiger partial charge is 0.337 e. The van der Waals surface area contributed by atoms with Gasteiger partial charge in [-0.3, -0.25) is 4.57 Å². The zero-order chi connectivity index (χ0) is 24.8. The Morgan fingerprint density at radius 1 is 1.06 bits per heavy atom. The van der Waals surface area contributed by atoms with Crippen molar-refractivity contribution in [2.24, 2.45) is 0 Å². The molecule has 0 amide bonds. The number of esters is 1. The van der Waals surface area contributed by atoms with Gasteiger partial charge in [-0.15, -0.1) is 0 Å². The van der Waals surface area contributed by atoms with Crippen LogP contribution in [0.4, 0.5) is 5.82 Å². The predicted octanol–water partition coefficient (Wildman–Crippen LogP) is 4.08. The van der Waals surface area contributed by atoms with Crippen LogP contribution in [0, 0.1) is 0 Å². The zero-order valence-electron chi connectivity index (χ0n) is 19.8. The van der Waals surface area contributed by atoms with Crippen molar-refractivity contribution in [2.45, 2.75) is 31.6 Å². The van der Waals surface area contributed by atoms with E-state index in [0.717, 1.165) is 29.1 Å². The lowest BCUT2D eigenvalue weighted by Crippen LogP contribution is -2.18. The van der Waals surface area contributed by atoms with E-state index in [1.807, 2.05) is 24.3 Å². The number of anilines is 1. The number of aromatic nitrogens is 4. The number of fused-ring (bicyclic) bond motifs is 1. The summed E-state index contributed by atoms with van der Waals surface area (Å²) in [6, 6.07) is 14.7. The summed E-state index contributed by atoms with van der Waals surface area (Å²) < 4.78 is 11.6. The van der Waals surface area contributed by atoms with Crippen LogP contribution in [0.15, 0.2) is 58.5 Å². The van der Waals surface area contributed by atoms with E-state index in [1.165, 1.54) is 7.11 Å². The lowest BCUT2D eigenvalue weighted by atomic mass is 10.1. The normalized spacial score (nSPS) is 10.9. The van der Waals surface area contributed by atoms with Crippen LogP contribution in [0.5, 0.6) is 5.75 Å². The monoisotopic (exact) mass is 493 g/mol. The van der Waals surface area contributed by atoms with E-state index in [1.54, 1.807) is 47.7 Å². The molecule has 0 aliphatic heterocycles. The summed E-state index contributed by atoms with van der Waals surface area (Å²) in [6.45, 7) is 2.92. The summed E-state index contributed by atoms with van der Waals surface area (Å²) in [5.74, 6) is 1.82. The van der Waals surface area contributed by atoms with Gasteiger partial charge >= 0.3 is 11.7 Å². The topological polar surface area (TPSA) is 111 Å². The molecule has 9 nitrogen and oxygen atoms in total. The Labute approximate surface area is 206 Å². The zero-order valence-corrected chi connectivity index (χ0v) is 20.6. The molecule has 0 spiro atoms. The second kappa shape index (κ2) is 11.1. The van der Waals surface area contributed by atoms with Gasteiger partial charge < -0.3 is 19.8 Å². The number of imidazole rings is 1. The first-order chi connectivity index (χ1) is 17.0. The summed E-state index contributed by atoms with van der Waals surface area (Å²) in [5.41, 5.74) is 3.15. The van der Waals surface area contributed by atoms with Crippen LogP contribution in [0.3, 0.4) is 0 Å². The van der Waals surface area contributed by atoms with Gasteiger partial charge in [0.15, 0.2) is 16.6 Å². The van der Waals surface area contributed by atoms with Crippen molar-refractivity contribution in [1.82, 2.24) is 19.5 Å². The number of carbonyl (C=O) groups is 1. The molecule has 0 aliphatic carbocycles. The number of hydrogen-bond acceptors (Lipinski definition) is 8. The number of aromatic amines is 1. The molecule has 4 rings (SSSR count). The van der Waals surface area contributed by atoms with Crippen LogP contribution in [0.2, 0.25) is 0 Å². The van der Waals surface area contributed by atoms with E-state index < -0.39 is 5.97 Å². The molecule has 0 atom stereocenters. The second-order valence-corrected chi connectivity index (χ2v) is 8.87. The van der Waals surface area contributed by atoms with Crippen molar-refractivity contribution in [3.05, 3.63) is 75.7 Å². The molecule has 2 aromatic carbocycles. The van der Waals surface area contributed by atoms with E-state index in [-0.39, 0.29) is 5.69 Å². The summed E-state index contributed by atoms with van der Waals surface area (Å²) >= 11 is 1.55. The number of benzene rings is 2. The maximum absolute atomic E-state index is 12.9. The first-order valence-electron chi connectivity index (χ1n) is 11.2. The maximum atomic E-state index is 12.9. The van der Waals surface area contributed by atoms with Crippen molar-refractivity contribution in [3.63, 3.8) is 0 Å². The highest BCUT2D eigenvalue weighted by Crippen LogP contribution is 2.24. The van der Waals surface area contributed by atoms with E-state index in [9.17, 15) is 9.59 Å². The van der Waals surface area contributed by atoms with E-state index in [2.05, 4.69) is 27.2 Å². The van der Waals surface area contributed by atoms with Crippen LogP contribution in [0.1, 0.15) is 34.8 Å². The van der Waals surface area contributed by atoms with E-state index in [0.29, 0.717) is 40.8 Å². The van der Waals surface area contributed by atoms with Gasteiger partial charge in [-0.05, 0) is 41.8 Å². The van der Waals surface area contributed by atoms with Crippen molar-refractivity contribution >= 4 is 34.7 Å². The molecule has 35 heavy (non-hydrogen) atoms. The van der Waals surface area contributed by atoms with Gasteiger partial charge in [0.25, 0.3) is 0 Å². The minimum atomic E-state index is -0.404. The van der Waals surface area contributed by atoms with Gasteiger partial charge in [0.1, 0.15) is 11.3 Å². The SMILES string of the molecule is CCCSc1nc(NCc2ccc(OC)cc2)c2[nH]c(=O)n(Cc3ccc(C(=O)OC)cc3)c2n1. The van der Waals surface area contributed by atoms with Crippen molar-refractivity contribution in [2.75, 3.05) is 25.3 Å². The van der Waals surface area contributed by atoms with Crippen LogP contribution in [-0.2, 0) is 17.8 Å². The number of H-pyrrole nitrogens is 1. The van der Waals surface area contributed by atoms with Crippen LogP contribution in [0.25, 0.3) is 11.2 Å². The number of rotatable bonds is 10. The maximum Gasteiger partial charge on any atom is 0.337 e. The molecule has 0 unspecified atom stereocenters. The molecule has 182 valence electrons. The number of nitrogens with zero attached hydrogens (tertiary/aromatic N) is 3. The van der Waals surface area contributed by atoms with Crippen LogP contribution >= 0.6 is 11.8 Å². The van der Waals surface area contributed by atoms with Gasteiger partial charge in [0.05, 0.1) is 26.3 Å². The molecule has 0 fully saturated rings. The highest BCUT2D eigenvalue weighted by molar-refractivity contribution is 7.99. The number of thioether (sulfide) groups is 1. The van der Waals surface area contributed by atoms with Gasteiger partial charge in [-0.25, -0.2) is 19.6 Å². The average Bonchev–Trinajstić information content (AvgIpc) is 3.21. The highest BCUT2D eigenvalue weighted by atomic mass is 32.2. The number of carbonyl (C=O) groups excluding carboxylic acids is 1. The van der Waals surface area contributed by atoms with Crippen molar-refractivity contribution < 1.29 is 14.3 Å². The Kier molecular flexibility index (Phi) is 7.71. The lowest BCUT2D eigenvalue weighted by Gasteiger charge is -2.10. The minimum absolute atomic E-state index is 0.281. The lowest BCUT2D eigenvalue weighted by molar-refractivity contribution is 0.0600. The third kappa shape index (κ3) is 5.65. The first-order valence-corrected chi connectivity index (χ1v) is 12.2. The summed E-state index contributed by atoms with van der Waals surface area (Å²) in [7, 11) is 2.98. The predicted molar refractivity (Wildman–Crippen MR) is 136 cm³/mol. The molecular weight excluding hydrogens is 466 g/mol. The average molecular weight is 494 g/mol. The molecule has 0 saturated heterocycles. The summed E-state index contributed by atoms with van der Waals surface area (Å²) in [4.78, 5) is 36.9. The molecule has 0 aliphatic rings. The number of hydrogen-bond donors (Lipinski definition) is 2. The quantitative estimate of drug-likeness (QED) is 0.193. The Morgan fingerprint density at radius 2 is 1.77 bits per heavy atom. The van der Waals surface area contributed by atoms with Gasteiger partial charge in [-0.2, -0.15) is 0 Å². The molecule has 2 aromatic heterocycles. The Hall–Kier alpha value is -3.79. The number of ether oxygens (including phenoxy) is 2. The van der Waals surface area contributed by atoms with E-state index in [4.69, 9.17) is 9.47 Å². The molecule has 0 bridgehead atoms. The molecule has 0 saturated carbocycles. The molecular formula is C25H27N5O4S. The second-order valence-electron chi connectivity index (χ2n) is 7.81. The van der Waals surface area contributed by atoms with Gasteiger partial charge in [0.2, 0.25) is 0 Å². The first kappa shape index (κ1) is 24.3. The molecule has 0 radical (unpaired) electrons. The number of methoxy groups -OCH3 is 2. The fraction of sp³-hybridized carbons (Fsp3) is 0.280. The van der Waals surface area contributed by atoms with Crippen LogP contribution < -0.4 is 15.7 Å². The van der Waals surface area contributed by atoms with Crippen LogP contribution in [-0.4, -0.2) is 45.5 Å². The third-order valence-electron chi connectivity index (χ3n) is 5.37.